The van der Waals surface area contributed by atoms with Crippen molar-refractivity contribution in [3.8, 4) is 5.75 Å². The van der Waals surface area contributed by atoms with E-state index in [1.165, 1.54) is 5.69 Å². The summed E-state index contributed by atoms with van der Waals surface area (Å²) >= 11 is 3.46. The quantitative estimate of drug-likeness (QED) is 0.750. The molecule has 2 rings (SSSR count). The lowest BCUT2D eigenvalue weighted by Crippen LogP contribution is -2.32. The third-order valence-electron chi connectivity index (χ3n) is 2.26. The summed E-state index contributed by atoms with van der Waals surface area (Å²) in [5.74, 6) is 0.997. The van der Waals surface area contributed by atoms with Crippen molar-refractivity contribution in [3.05, 3.63) is 22.7 Å². The van der Waals surface area contributed by atoms with E-state index in [9.17, 15) is 0 Å². The van der Waals surface area contributed by atoms with Crippen LogP contribution in [0.3, 0.4) is 0 Å². The molecule has 1 aliphatic rings. The molecule has 1 aliphatic heterocycles. The van der Waals surface area contributed by atoms with Gasteiger partial charge >= 0.3 is 0 Å². The number of fused-ring (bicyclic) bond motifs is 1. The molecule has 0 saturated carbocycles. The predicted molar refractivity (Wildman–Crippen MR) is 57.5 cm³/mol. The third kappa shape index (κ3) is 1.66. The van der Waals surface area contributed by atoms with Crippen LogP contribution in [0, 0.1) is 0 Å². The monoisotopic (exact) mass is 241 g/mol. The second-order valence-electron chi connectivity index (χ2n) is 3.04. The summed E-state index contributed by atoms with van der Waals surface area (Å²) in [6.07, 6.45) is 0. The Morgan fingerprint density at radius 2 is 2.38 bits per heavy atom. The largest absolute Gasteiger partial charge is 0.490 e. The van der Waals surface area contributed by atoms with Gasteiger partial charge in [0.25, 0.3) is 0 Å². The summed E-state index contributed by atoms with van der Waals surface area (Å²) < 4.78 is 6.65. The molecular formula is C10H12BrNO. The minimum absolute atomic E-state index is 0.794. The molecule has 0 spiro atoms. The topological polar surface area (TPSA) is 12.5 Å². The minimum Gasteiger partial charge on any atom is -0.490 e. The van der Waals surface area contributed by atoms with Crippen LogP contribution in [0.2, 0.25) is 0 Å². The molecule has 0 amide bonds. The highest BCUT2D eigenvalue weighted by Crippen LogP contribution is 2.33. The second-order valence-corrected chi connectivity index (χ2v) is 3.96. The maximum absolute atomic E-state index is 5.55. The lowest BCUT2D eigenvalue weighted by Gasteiger charge is -2.30. The van der Waals surface area contributed by atoms with Crippen LogP contribution in [0.25, 0.3) is 0 Å². The normalized spacial score (nSPS) is 15.1. The van der Waals surface area contributed by atoms with Crippen molar-refractivity contribution in [1.29, 1.82) is 0 Å². The molecule has 1 aromatic carbocycles. The Bertz CT molecular complexity index is 314. The second kappa shape index (κ2) is 3.58. The number of likely N-dealkylation sites (N-methyl/N-ethyl adjacent to an activating group) is 1. The van der Waals surface area contributed by atoms with Crippen LogP contribution in [0.1, 0.15) is 6.92 Å². The predicted octanol–water partition coefficient (Wildman–Crippen LogP) is 2.67. The van der Waals surface area contributed by atoms with Crippen molar-refractivity contribution >= 4 is 21.6 Å². The lowest BCUT2D eigenvalue weighted by atomic mass is 10.2. The van der Waals surface area contributed by atoms with Gasteiger partial charge in [-0.25, -0.2) is 0 Å². The lowest BCUT2D eigenvalue weighted by molar-refractivity contribution is 0.308. The Kier molecular flexibility index (Phi) is 2.44. The standard InChI is InChI=1S/C10H12BrNO/c1-2-12-5-6-13-10-4-3-8(11)7-9(10)12/h3-4,7H,2,5-6H2,1H3. The number of hydrogen-bond donors (Lipinski definition) is 0. The Balaban J connectivity index is 2.41. The van der Waals surface area contributed by atoms with Gasteiger partial charge in [-0.1, -0.05) is 15.9 Å². The number of rotatable bonds is 1. The van der Waals surface area contributed by atoms with Gasteiger partial charge < -0.3 is 9.64 Å². The number of benzene rings is 1. The van der Waals surface area contributed by atoms with E-state index in [1.807, 2.05) is 12.1 Å². The minimum atomic E-state index is 0.794. The fourth-order valence-electron chi connectivity index (χ4n) is 1.57. The van der Waals surface area contributed by atoms with E-state index >= 15 is 0 Å². The van der Waals surface area contributed by atoms with E-state index in [1.54, 1.807) is 0 Å². The van der Waals surface area contributed by atoms with Crippen LogP contribution in [-0.4, -0.2) is 19.7 Å². The molecule has 0 saturated heterocycles. The molecule has 13 heavy (non-hydrogen) atoms. The fraction of sp³-hybridized carbons (Fsp3) is 0.400. The molecule has 0 aliphatic carbocycles. The number of halogens is 1. The molecule has 3 heteroatoms. The van der Waals surface area contributed by atoms with Crippen LogP contribution in [0.15, 0.2) is 22.7 Å². The summed E-state index contributed by atoms with van der Waals surface area (Å²) in [5.41, 5.74) is 1.20. The number of ether oxygens (including phenoxy) is 1. The smallest absolute Gasteiger partial charge is 0.142 e. The van der Waals surface area contributed by atoms with Gasteiger partial charge in [-0.3, -0.25) is 0 Å². The first-order valence-electron chi connectivity index (χ1n) is 4.48. The van der Waals surface area contributed by atoms with Crippen LogP contribution in [-0.2, 0) is 0 Å². The van der Waals surface area contributed by atoms with Gasteiger partial charge in [0.05, 0.1) is 12.2 Å². The van der Waals surface area contributed by atoms with E-state index in [0.29, 0.717) is 0 Å². The molecule has 0 bridgehead atoms. The average molecular weight is 242 g/mol. The van der Waals surface area contributed by atoms with Gasteiger partial charge in [0.1, 0.15) is 12.4 Å². The van der Waals surface area contributed by atoms with Gasteiger partial charge in [0, 0.05) is 11.0 Å². The summed E-state index contributed by atoms with van der Waals surface area (Å²) in [6, 6.07) is 6.14. The SMILES string of the molecule is CCN1CCOc2ccc(Br)cc21. The molecule has 0 aromatic heterocycles. The summed E-state index contributed by atoms with van der Waals surface area (Å²) in [6.45, 7) is 4.98. The van der Waals surface area contributed by atoms with Crippen LogP contribution in [0.5, 0.6) is 5.75 Å². The molecular weight excluding hydrogens is 230 g/mol. The van der Waals surface area contributed by atoms with Gasteiger partial charge in [0.2, 0.25) is 0 Å². The van der Waals surface area contributed by atoms with E-state index < -0.39 is 0 Å². The zero-order chi connectivity index (χ0) is 9.26. The van der Waals surface area contributed by atoms with Crippen molar-refractivity contribution in [3.63, 3.8) is 0 Å². The first-order valence-corrected chi connectivity index (χ1v) is 5.28. The highest BCUT2D eigenvalue weighted by molar-refractivity contribution is 9.10. The van der Waals surface area contributed by atoms with Gasteiger partial charge in [-0.2, -0.15) is 0 Å². The molecule has 0 atom stereocenters. The van der Waals surface area contributed by atoms with E-state index in [-0.39, 0.29) is 0 Å². The molecule has 2 nitrogen and oxygen atoms in total. The zero-order valence-corrected chi connectivity index (χ0v) is 9.17. The summed E-state index contributed by atoms with van der Waals surface area (Å²) in [5, 5.41) is 0. The molecule has 70 valence electrons. The number of nitrogens with zero attached hydrogens (tertiary/aromatic N) is 1. The molecule has 0 unspecified atom stereocenters. The van der Waals surface area contributed by atoms with Crippen LogP contribution in [0.4, 0.5) is 5.69 Å². The number of hydrogen-bond acceptors (Lipinski definition) is 2. The first-order chi connectivity index (χ1) is 6.31. The van der Waals surface area contributed by atoms with Gasteiger partial charge in [0.15, 0.2) is 0 Å². The Hall–Kier alpha value is -0.700. The van der Waals surface area contributed by atoms with Crippen LogP contribution < -0.4 is 9.64 Å². The highest BCUT2D eigenvalue weighted by Gasteiger charge is 2.16. The van der Waals surface area contributed by atoms with E-state index in [2.05, 4.69) is 33.8 Å². The fourth-order valence-corrected chi connectivity index (χ4v) is 1.92. The van der Waals surface area contributed by atoms with Gasteiger partial charge in [-0.15, -0.1) is 0 Å². The molecule has 0 N–H and O–H groups in total. The van der Waals surface area contributed by atoms with Crippen molar-refractivity contribution in [2.45, 2.75) is 6.92 Å². The third-order valence-corrected chi connectivity index (χ3v) is 2.76. The zero-order valence-electron chi connectivity index (χ0n) is 7.59. The molecule has 1 aromatic rings. The first kappa shape index (κ1) is 8.88. The Morgan fingerprint density at radius 3 is 3.15 bits per heavy atom. The van der Waals surface area contributed by atoms with E-state index in [4.69, 9.17) is 4.74 Å². The maximum Gasteiger partial charge on any atom is 0.142 e. The maximum atomic E-state index is 5.55. The van der Waals surface area contributed by atoms with E-state index in [0.717, 1.165) is 29.9 Å². The van der Waals surface area contributed by atoms with Crippen molar-refractivity contribution in [2.24, 2.45) is 0 Å². The summed E-state index contributed by atoms with van der Waals surface area (Å²) in [4.78, 5) is 2.32. The van der Waals surface area contributed by atoms with Crippen molar-refractivity contribution in [1.82, 2.24) is 0 Å². The molecule has 0 radical (unpaired) electrons. The van der Waals surface area contributed by atoms with Gasteiger partial charge in [-0.05, 0) is 25.1 Å². The van der Waals surface area contributed by atoms with Crippen LogP contribution >= 0.6 is 15.9 Å². The average Bonchev–Trinajstić information content (AvgIpc) is 2.17. The summed E-state index contributed by atoms with van der Waals surface area (Å²) in [7, 11) is 0. The Labute approximate surface area is 86.6 Å². The Morgan fingerprint density at radius 1 is 1.54 bits per heavy atom. The van der Waals surface area contributed by atoms with Crippen molar-refractivity contribution < 1.29 is 4.74 Å². The highest BCUT2D eigenvalue weighted by atomic mass is 79.9. The number of anilines is 1. The molecule has 0 fully saturated rings. The molecule has 1 heterocycles. The van der Waals surface area contributed by atoms with Crippen molar-refractivity contribution in [2.75, 3.05) is 24.6 Å².